The Labute approximate surface area is 146 Å². The minimum Gasteiger partial charge on any atom is -0.508 e. The van der Waals surface area contributed by atoms with E-state index in [0.29, 0.717) is 24.2 Å². The zero-order valence-corrected chi connectivity index (χ0v) is 15.4. The van der Waals surface area contributed by atoms with E-state index in [4.69, 9.17) is 4.74 Å². The van der Waals surface area contributed by atoms with Crippen molar-refractivity contribution >= 4 is 6.09 Å². The first-order chi connectivity index (χ1) is 11.3. The summed E-state index contributed by atoms with van der Waals surface area (Å²) in [6.45, 7) is 8.79. The van der Waals surface area contributed by atoms with Crippen LogP contribution in [-0.2, 0) is 11.2 Å². The van der Waals surface area contributed by atoms with Crippen LogP contribution in [0.4, 0.5) is 4.79 Å². The lowest BCUT2D eigenvalue weighted by molar-refractivity contribution is 0.112. The number of amides is 1. The number of phenolic OH excluding ortho intramolecular Hbond substituents is 1. The van der Waals surface area contributed by atoms with Gasteiger partial charge in [-0.15, -0.1) is 0 Å². The summed E-state index contributed by atoms with van der Waals surface area (Å²) in [6, 6.07) is 7.49. The molecule has 0 aliphatic carbocycles. The molecule has 1 N–H and O–H groups in total. The van der Waals surface area contributed by atoms with E-state index in [-0.39, 0.29) is 6.09 Å². The van der Waals surface area contributed by atoms with Crippen LogP contribution in [0.25, 0.3) is 0 Å². The maximum atomic E-state index is 11.4. The number of carbonyl (C=O) groups excluding carboxylic acids is 1. The molecule has 2 atom stereocenters. The first-order valence-corrected chi connectivity index (χ1v) is 8.57. The van der Waals surface area contributed by atoms with Gasteiger partial charge in [0.2, 0.25) is 0 Å². The molecule has 4 heteroatoms. The van der Waals surface area contributed by atoms with Crippen LogP contribution < -0.4 is 0 Å². The van der Waals surface area contributed by atoms with E-state index in [9.17, 15) is 9.90 Å². The molecular weight excluding hydrogens is 302 g/mol. The van der Waals surface area contributed by atoms with Gasteiger partial charge >= 0.3 is 6.09 Å². The zero-order valence-electron chi connectivity index (χ0n) is 15.4. The highest BCUT2D eigenvalue weighted by molar-refractivity contribution is 5.66. The number of benzene rings is 1. The number of para-hydroxylation sites is 1. The molecule has 2 unspecified atom stereocenters. The lowest BCUT2D eigenvalue weighted by Gasteiger charge is -2.20. The van der Waals surface area contributed by atoms with Gasteiger partial charge in [0.1, 0.15) is 5.75 Å². The Morgan fingerprint density at radius 3 is 2.50 bits per heavy atom. The molecule has 0 saturated heterocycles. The van der Waals surface area contributed by atoms with Crippen molar-refractivity contribution in [1.29, 1.82) is 0 Å². The molecule has 0 aliphatic heterocycles. The predicted molar refractivity (Wildman–Crippen MR) is 98.2 cm³/mol. The van der Waals surface area contributed by atoms with E-state index in [2.05, 4.69) is 13.5 Å². The second-order valence-corrected chi connectivity index (χ2v) is 6.86. The molecule has 0 fully saturated rings. The van der Waals surface area contributed by atoms with E-state index in [1.165, 1.54) is 4.90 Å². The maximum Gasteiger partial charge on any atom is 0.409 e. The van der Waals surface area contributed by atoms with E-state index in [1.54, 1.807) is 20.2 Å². The number of ether oxygens (including phenoxy) is 1. The van der Waals surface area contributed by atoms with Crippen LogP contribution in [-0.4, -0.2) is 36.8 Å². The van der Waals surface area contributed by atoms with Gasteiger partial charge in [-0.05, 0) is 49.7 Å². The molecule has 0 saturated carbocycles. The summed E-state index contributed by atoms with van der Waals surface area (Å²) in [5, 5.41) is 9.95. The van der Waals surface area contributed by atoms with Crippen molar-refractivity contribution in [1.82, 2.24) is 4.90 Å². The van der Waals surface area contributed by atoms with Crippen molar-refractivity contribution in [2.24, 2.45) is 11.8 Å². The predicted octanol–water partition coefficient (Wildman–Crippen LogP) is 4.63. The second kappa shape index (κ2) is 10.0. The van der Waals surface area contributed by atoms with Crippen LogP contribution in [0, 0.1) is 11.8 Å². The summed E-state index contributed by atoms with van der Waals surface area (Å²) < 4.78 is 5.18. The highest BCUT2D eigenvalue weighted by Gasteiger charge is 2.15. The molecule has 0 radical (unpaired) electrons. The minimum absolute atomic E-state index is 0.290. The SMILES string of the molecule is C=C(C)C(CCC(C)CCOC(=O)N(C)C)Cc1ccccc1O. The molecule has 134 valence electrons. The summed E-state index contributed by atoms with van der Waals surface area (Å²) in [7, 11) is 3.37. The number of rotatable bonds is 9. The Kier molecular flexibility index (Phi) is 8.37. The molecule has 1 aromatic rings. The Morgan fingerprint density at radius 2 is 1.92 bits per heavy atom. The van der Waals surface area contributed by atoms with Crippen molar-refractivity contribution in [2.45, 2.75) is 39.5 Å². The van der Waals surface area contributed by atoms with E-state index >= 15 is 0 Å². The Morgan fingerprint density at radius 1 is 1.25 bits per heavy atom. The van der Waals surface area contributed by atoms with Gasteiger partial charge in [-0.25, -0.2) is 4.79 Å². The normalized spacial score (nSPS) is 13.2. The first-order valence-electron chi connectivity index (χ1n) is 8.57. The van der Waals surface area contributed by atoms with Crippen LogP contribution in [0.3, 0.4) is 0 Å². The maximum absolute atomic E-state index is 11.4. The third kappa shape index (κ3) is 7.07. The van der Waals surface area contributed by atoms with Crippen LogP contribution in [0.1, 0.15) is 38.7 Å². The van der Waals surface area contributed by atoms with E-state index in [0.717, 1.165) is 36.8 Å². The Hall–Kier alpha value is -1.97. The summed E-state index contributed by atoms with van der Waals surface area (Å²) in [4.78, 5) is 12.8. The number of allylic oxidation sites excluding steroid dienone is 1. The molecule has 1 rings (SSSR count). The summed E-state index contributed by atoms with van der Waals surface area (Å²) in [6.07, 6.45) is 3.45. The monoisotopic (exact) mass is 333 g/mol. The molecule has 0 bridgehead atoms. The van der Waals surface area contributed by atoms with Crippen molar-refractivity contribution < 1.29 is 14.6 Å². The van der Waals surface area contributed by atoms with Crippen LogP contribution >= 0.6 is 0 Å². The fourth-order valence-electron chi connectivity index (χ4n) is 2.58. The molecule has 0 heterocycles. The standard InChI is InChI=1S/C20H31NO3/c1-15(2)17(14-18-8-6-7-9-19(18)22)11-10-16(3)12-13-24-20(23)21(4)5/h6-9,16-17,22H,1,10-14H2,2-5H3. The van der Waals surface area contributed by atoms with Crippen molar-refractivity contribution in [3.63, 3.8) is 0 Å². The molecular formula is C20H31NO3. The topological polar surface area (TPSA) is 49.8 Å². The van der Waals surface area contributed by atoms with Gasteiger partial charge in [0.05, 0.1) is 6.61 Å². The lowest BCUT2D eigenvalue weighted by Crippen LogP contribution is -2.23. The van der Waals surface area contributed by atoms with Crippen LogP contribution in [0.15, 0.2) is 36.4 Å². The van der Waals surface area contributed by atoms with E-state index in [1.807, 2.05) is 25.1 Å². The molecule has 1 amide bonds. The number of carbonyl (C=O) groups is 1. The van der Waals surface area contributed by atoms with E-state index < -0.39 is 0 Å². The highest BCUT2D eigenvalue weighted by atomic mass is 16.6. The van der Waals surface area contributed by atoms with Gasteiger partial charge in [0.15, 0.2) is 0 Å². The average Bonchev–Trinajstić information content (AvgIpc) is 2.52. The molecule has 0 spiro atoms. The van der Waals surface area contributed by atoms with Crippen molar-refractivity contribution in [3.05, 3.63) is 42.0 Å². The third-order valence-electron chi connectivity index (χ3n) is 4.36. The van der Waals surface area contributed by atoms with Gasteiger partial charge in [0.25, 0.3) is 0 Å². The summed E-state index contributed by atoms with van der Waals surface area (Å²) in [5.41, 5.74) is 2.11. The quantitative estimate of drug-likeness (QED) is 0.670. The van der Waals surface area contributed by atoms with Gasteiger partial charge in [-0.2, -0.15) is 0 Å². The smallest absolute Gasteiger partial charge is 0.409 e. The Bertz CT molecular complexity index is 539. The van der Waals surface area contributed by atoms with Gasteiger partial charge in [0, 0.05) is 14.1 Å². The number of nitrogens with zero attached hydrogens (tertiary/aromatic N) is 1. The number of phenols is 1. The number of hydrogen-bond donors (Lipinski definition) is 1. The summed E-state index contributed by atoms with van der Waals surface area (Å²) >= 11 is 0. The zero-order chi connectivity index (χ0) is 18.1. The first kappa shape index (κ1) is 20.1. The lowest BCUT2D eigenvalue weighted by atomic mass is 9.86. The summed E-state index contributed by atoms with van der Waals surface area (Å²) in [5.74, 6) is 1.18. The largest absolute Gasteiger partial charge is 0.508 e. The fourth-order valence-corrected chi connectivity index (χ4v) is 2.58. The molecule has 1 aromatic carbocycles. The van der Waals surface area contributed by atoms with Crippen LogP contribution in [0.5, 0.6) is 5.75 Å². The highest BCUT2D eigenvalue weighted by Crippen LogP contribution is 2.27. The molecule has 24 heavy (non-hydrogen) atoms. The third-order valence-corrected chi connectivity index (χ3v) is 4.36. The fraction of sp³-hybridized carbons (Fsp3) is 0.550. The van der Waals surface area contributed by atoms with Gasteiger partial charge < -0.3 is 14.7 Å². The van der Waals surface area contributed by atoms with Crippen LogP contribution in [0.2, 0.25) is 0 Å². The average molecular weight is 333 g/mol. The number of aromatic hydroxyl groups is 1. The molecule has 4 nitrogen and oxygen atoms in total. The van der Waals surface area contributed by atoms with Gasteiger partial charge in [-0.3, -0.25) is 0 Å². The number of hydrogen-bond acceptors (Lipinski definition) is 3. The molecule has 0 aliphatic rings. The van der Waals surface area contributed by atoms with Gasteiger partial charge in [-0.1, -0.05) is 43.7 Å². The Balaban J connectivity index is 2.42. The molecule has 0 aromatic heterocycles. The second-order valence-electron chi connectivity index (χ2n) is 6.86. The van der Waals surface area contributed by atoms with Crippen molar-refractivity contribution in [3.8, 4) is 5.75 Å². The minimum atomic E-state index is -0.290. The van der Waals surface area contributed by atoms with Crippen molar-refractivity contribution in [2.75, 3.05) is 20.7 Å².